The van der Waals surface area contributed by atoms with Crippen molar-refractivity contribution in [1.82, 2.24) is 20.5 Å². The second-order valence-corrected chi connectivity index (χ2v) is 6.87. The first-order valence-electron chi connectivity index (χ1n) is 8.88. The number of aromatic nitrogens is 3. The largest absolute Gasteiger partial charge is 0.433 e. The number of aromatic amines is 1. The molecule has 1 aromatic carbocycles. The number of hydrogen-bond donors (Lipinski definition) is 2. The number of amides is 1. The zero-order valence-electron chi connectivity index (χ0n) is 14.8. The molecule has 3 aromatic rings. The Bertz CT molecular complexity index is 983. The predicted octanol–water partition coefficient (Wildman–Crippen LogP) is 2.91. The standard InChI is InChI=1S/C19H18F3N5O/c20-19(21,22)17-4-2-15(10-23-17)27-6-5-14(11-27)25-18(28)8-12-1-3-16-13(7-12)9-24-26-16/h1-4,7,9-10,14H,5-6,8,11H2,(H,24,26)(H,25,28)/t14-/m1/s1. The van der Waals surface area contributed by atoms with E-state index in [4.69, 9.17) is 0 Å². The van der Waals surface area contributed by atoms with Crippen molar-refractivity contribution in [2.75, 3.05) is 18.0 Å². The van der Waals surface area contributed by atoms with E-state index in [1.807, 2.05) is 23.1 Å². The molecule has 3 heterocycles. The van der Waals surface area contributed by atoms with Crippen molar-refractivity contribution in [1.29, 1.82) is 0 Å². The van der Waals surface area contributed by atoms with Crippen molar-refractivity contribution >= 4 is 22.5 Å². The molecule has 1 aliphatic rings. The van der Waals surface area contributed by atoms with Crippen LogP contribution in [0.15, 0.2) is 42.7 Å². The van der Waals surface area contributed by atoms with E-state index < -0.39 is 11.9 Å². The van der Waals surface area contributed by atoms with E-state index in [2.05, 4.69) is 20.5 Å². The summed E-state index contributed by atoms with van der Waals surface area (Å²) in [5.41, 5.74) is 1.53. The lowest BCUT2D eigenvalue weighted by molar-refractivity contribution is -0.141. The molecule has 0 radical (unpaired) electrons. The predicted molar refractivity (Wildman–Crippen MR) is 97.8 cm³/mol. The van der Waals surface area contributed by atoms with Crippen LogP contribution >= 0.6 is 0 Å². The van der Waals surface area contributed by atoms with Gasteiger partial charge in [-0.05, 0) is 36.2 Å². The molecule has 1 aliphatic heterocycles. The zero-order chi connectivity index (χ0) is 19.7. The number of rotatable bonds is 4. The van der Waals surface area contributed by atoms with Crippen LogP contribution in [0.5, 0.6) is 0 Å². The Hall–Kier alpha value is -3.10. The Morgan fingerprint density at radius 3 is 2.86 bits per heavy atom. The van der Waals surface area contributed by atoms with Crippen molar-refractivity contribution in [3.05, 3.63) is 54.0 Å². The van der Waals surface area contributed by atoms with Gasteiger partial charge in [-0.1, -0.05) is 6.07 Å². The summed E-state index contributed by atoms with van der Waals surface area (Å²) in [6, 6.07) is 8.04. The Morgan fingerprint density at radius 1 is 1.25 bits per heavy atom. The van der Waals surface area contributed by atoms with Gasteiger partial charge < -0.3 is 10.2 Å². The van der Waals surface area contributed by atoms with Crippen LogP contribution in [-0.4, -0.2) is 40.2 Å². The van der Waals surface area contributed by atoms with Gasteiger partial charge in [-0.15, -0.1) is 0 Å². The molecule has 9 heteroatoms. The molecule has 0 bridgehead atoms. The number of carbonyl (C=O) groups excluding carboxylic acids is 1. The lowest BCUT2D eigenvalue weighted by Crippen LogP contribution is -2.38. The maximum Gasteiger partial charge on any atom is 0.433 e. The van der Waals surface area contributed by atoms with E-state index in [1.54, 1.807) is 6.20 Å². The van der Waals surface area contributed by atoms with Crippen LogP contribution < -0.4 is 10.2 Å². The molecule has 146 valence electrons. The lowest BCUT2D eigenvalue weighted by Gasteiger charge is -2.19. The summed E-state index contributed by atoms with van der Waals surface area (Å²) in [7, 11) is 0. The van der Waals surface area contributed by atoms with Crippen molar-refractivity contribution < 1.29 is 18.0 Å². The minimum Gasteiger partial charge on any atom is -0.368 e. The average Bonchev–Trinajstić information content (AvgIpc) is 3.30. The Balaban J connectivity index is 1.33. The fourth-order valence-electron chi connectivity index (χ4n) is 3.42. The van der Waals surface area contributed by atoms with Crippen LogP contribution in [0.25, 0.3) is 10.9 Å². The number of nitrogens with one attached hydrogen (secondary N) is 2. The monoisotopic (exact) mass is 389 g/mol. The molecule has 1 amide bonds. The Morgan fingerprint density at radius 2 is 2.11 bits per heavy atom. The molecule has 0 saturated carbocycles. The summed E-state index contributed by atoms with van der Waals surface area (Å²) >= 11 is 0. The molecule has 0 aliphatic carbocycles. The van der Waals surface area contributed by atoms with Gasteiger partial charge in [0.25, 0.3) is 0 Å². The highest BCUT2D eigenvalue weighted by Crippen LogP contribution is 2.29. The third-order valence-corrected chi connectivity index (χ3v) is 4.83. The highest BCUT2D eigenvalue weighted by Gasteiger charge is 2.32. The SMILES string of the molecule is O=C(Cc1ccc2[nH]ncc2c1)N[C@@H]1CCN(c2ccc(C(F)(F)F)nc2)C1. The zero-order valence-corrected chi connectivity index (χ0v) is 14.8. The minimum atomic E-state index is -4.44. The number of halogens is 3. The summed E-state index contributed by atoms with van der Waals surface area (Å²) < 4.78 is 37.9. The first-order valence-corrected chi connectivity index (χ1v) is 8.88. The number of alkyl halides is 3. The van der Waals surface area contributed by atoms with E-state index in [-0.39, 0.29) is 18.4 Å². The number of carbonyl (C=O) groups is 1. The maximum atomic E-state index is 12.6. The lowest BCUT2D eigenvalue weighted by atomic mass is 10.1. The van der Waals surface area contributed by atoms with Crippen molar-refractivity contribution in [3.8, 4) is 0 Å². The fraction of sp³-hybridized carbons (Fsp3) is 0.316. The maximum absolute atomic E-state index is 12.6. The molecule has 0 unspecified atom stereocenters. The van der Waals surface area contributed by atoms with Gasteiger partial charge in [0.2, 0.25) is 5.91 Å². The van der Waals surface area contributed by atoms with E-state index in [0.717, 1.165) is 29.0 Å². The Kier molecular flexibility index (Phi) is 4.66. The smallest absolute Gasteiger partial charge is 0.368 e. The molecular formula is C19H18F3N5O. The van der Waals surface area contributed by atoms with E-state index in [9.17, 15) is 18.0 Å². The molecular weight excluding hydrogens is 371 g/mol. The normalized spacial score (nSPS) is 17.2. The second kappa shape index (κ2) is 7.14. The molecule has 2 N–H and O–H groups in total. The van der Waals surface area contributed by atoms with E-state index >= 15 is 0 Å². The van der Waals surface area contributed by atoms with Gasteiger partial charge >= 0.3 is 6.18 Å². The number of fused-ring (bicyclic) bond motifs is 1. The summed E-state index contributed by atoms with van der Waals surface area (Å²) in [5, 5.41) is 10.8. The highest BCUT2D eigenvalue weighted by atomic mass is 19.4. The molecule has 1 atom stereocenters. The van der Waals surface area contributed by atoms with Crippen LogP contribution in [0.3, 0.4) is 0 Å². The first kappa shape index (κ1) is 18.3. The van der Waals surface area contributed by atoms with Gasteiger partial charge in [0, 0.05) is 24.5 Å². The van der Waals surface area contributed by atoms with Gasteiger partial charge in [-0.25, -0.2) is 4.98 Å². The van der Waals surface area contributed by atoms with Gasteiger partial charge in [0.05, 0.1) is 30.0 Å². The summed E-state index contributed by atoms with van der Waals surface area (Å²) in [4.78, 5) is 17.8. The first-order chi connectivity index (χ1) is 13.4. The molecule has 1 fully saturated rings. The van der Waals surface area contributed by atoms with Gasteiger partial charge in [0.15, 0.2) is 0 Å². The summed E-state index contributed by atoms with van der Waals surface area (Å²) in [6.07, 6.45) is -0.511. The molecule has 6 nitrogen and oxygen atoms in total. The summed E-state index contributed by atoms with van der Waals surface area (Å²) in [5.74, 6) is -0.0831. The number of benzene rings is 1. The number of anilines is 1. The number of nitrogens with zero attached hydrogens (tertiary/aromatic N) is 3. The molecule has 28 heavy (non-hydrogen) atoms. The highest BCUT2D eigenvalue weighted by molar-refractivity contribution is 5.83. The van der Waals surface area contributed by atoms with Gasteiger partial charge in [0.1, 0.15) is 5.69 Å². The summed E-state index contributed by atoms with van der Waals surface area (Å²) in [6.45, 7) is 1.19. The van der Waals surface area contributed by atoms with Gasteiger partial charge in [-0.2, -0.15) is 18.3 Å². The second-order valence-electron chi connectivity index (χ2n) is 6.87. The van der Waals surface area contributed by atoms with Crippen molar-refractivity contribution in [2.45, 2.75) is 25.1 Å². The third-order valence-electron chi connectivity index (χ3n) is 4.83. The molecule has 4 rings (SSSR count). The van der Waals surface area contributed by atoms with Gasteiger partial charge in [-0.3, -0.25) is 9.89 Å². The molecule has 0 spiro atoms. The van der Waals surface area contributed by atoms with Crippen LogP contribution in [-0.2, 0) is 17.4 Å². The fourth-order valence-corrected chi connectivity index (χ4v) is 3.42. The minimum absolute atomic E-state index is 0.0487. The number of pyridine rings is 1. The topological polar surface area (TPSA) is 73.9 Å². The van der Waals surface area contributed by atoms with Crippen LogP contribution in [0.4, 0.5) is 18.9 Å². The molecule has 2 aromatic heterocycles. The van der Waals surface area contributed by atoms with Crippen LogP contribution in [0.2, 0.25) is 0 Å². The number of hydrogen-bond acceptors (Lipinski definition) is 4. The number of H-pyrrole nitrogens is 1. The Labute approximate surface area is 158 Å². The van der Waals surface area contributed by atoms with Crippen molar-refractivity contribution in [2.24, 2.45) is 0 Å². The quantitative estimate of drug-likeness (QED) is 0.720. The molecule has 1 saturated heterocycles. The van der Waals surface area contributed by atoms with Crippen molar-refractivity contribution in [3.63, 3.8) is 0 Å². The van der Waals surface area contributed by atoms with Crippen LogP contribution in [0, 0.1) is 0 Å². The third kappa shape index (κ3) is 3.92. The van der Waals surface area contributed by atoms with E-state index in [0.29, 0.717) is 18.8 Å². The average molecular weight is 389 g/mol. The van der Waals surface area contributed by atoms with E-state index in [1.165, 1.54) is 12.3 Å². The van der Waals surface area contributed by atoms with Crippen LogP contribution in [0.1, 0.15) is 17.7 Å².